The van der Waals surface area contributed by atoms with Gasteiger partial charge in [-0.2, -0.15) is 0 Å². The molecule has 7 heteroatoms. The lowest BCUT2D eigenvalue weighted by Gasteiger charge is -2.32. The number of likely N-dealkylation sites (tertiary alicyclic amines) is 1. The van der Waals surface area contributed by atoms with E-state index in [9.17, 15) is 9.59 Å². The molecule has 146 valence electrons. The van der Waals surface area contributed by atoms with Gasteiger partial charge in [-0.1, -0.05) is 28.1 Å². The number of nitrogens with zero attached hydrogens (tertiary/aromatic N) is 2. The number of fused-ring (bicyclic) bond motifs is 1. The van der Waals surface area contributed by atoms with Crippen LogP contribution in [0.15, 0.2) is 46.9 Å². The molecule has 2 aliphatic rings. The first kappa shape index (κ1) is 18.8. The lowest BCUT2D eigenvalue weighted by Crippen LogP contribution is -2.46. The third-order valence-electron chi connectivity index (χ3n) is 5.21. The third-order valence-corrected chi connectivity index (χ3v) is 5.70. The van der Waals surface area contributed by atoms with Crippen molar-refractivity contribution < 1.29 is 19.1 Å². The molecule has 1 atom stereocenters. The van der Waals surface area contributed by atoms with Gasteiger partial charge in [0.25, 0.3) is 5.91 Å². The summed E-state index contributed by atoms with van der Waals surface area (Å²) in [6.45, 7) is 0.639. The van der Waals surface area contributed by atoms with Crippen molar-refractivity contribution in [3.8, 4) is 11.5 Å². The van der Waals surface area contributed by atoms with E-state index in [0.717, 1.165) is 28.6 Å². The summed E-state index contributed by atoms with van der Waals surface area (Å²) in [5.41, 5.74) is 1.69. The third kappa shape index (κ3) is 3.58. The molecule has 0 spiro atoms. The average Bonchev–Trinajstić information content (AvgIpc) is 3.20. The van der Waals surface area contributed by atoms with Crippen LogP contribution in [0.5, 0.6) is 11.5 Å². The summed E-state index contributed by atoms with van der Waals surface area (Å²) in [5.74, 6) is 1.11. The molecule has 2 aromatic rings. The van der Waals surface area contributed by atoms with Crippen LogP contribution in [0.2, 0.25) is 0 Å². The minimum absolute atomic E-state index is 0.00290. The van der Waals surface area contributed by atoms with Gasteiger partial charge in [0.2, 0.25) is 5.91 Å². The minimum atomic E-state index is -0.208. The standard InChI is InChI=1S/C21H21BrN2O4/c1-27-16-5-2-4-14(10-16)17-6-3-9-23(17)20(25)12-24-18-8-7-15(22)11-19(18)28-13-21(24)26/h2,4-5,7-8,10-11,17H,3,6,9,12-13H2,1H3. The summed E-state index contributed by atoms with van der Waals surface area (Å²) >= 11 is 3.41. The summed E-state index contributed by atoms with van der Waals surface area (Å²) < 4.78 is 11.7. The molecule has 1 unspecified atom stereocenters. The number of rotatable bonds is 4. The van der Waals surface area contributed by atoms with Crippen LogP contribution in [0, 0.1) is 0 Å². The van der Waals surface area contributed by atoms with E-state index in [0.29, 0.717) is 18.0 Å². The molecule has 1 fully saturated rings. The number of ether oxygens (including phenoxy) is 2. The molecule has 0 radical (unpaired) electrons. The van der Waals surface area contributed by atoms with E-state index in [1.54, 1.807) is 13.2 Å². The van der Waals surface area contributed by atoms with E-state index < -0.39 is 0 Å². The van der Waals surface area contributed by atoms with Gasteiger partial charge in [-0.25, -0.2) is 0 Å². The SMILES string of the molecule is COc1cccc(C2CCCN2C(=O)CN2C(=O)COc3cc(Br)ccc32)c1. The Balaban J connectivity index is 1.55. The van der Waals surface area contributed by atoms with Gasteiger partial charge in [0.05, 0.1) is 18.8 Å². The zero-order valence-electron chi connectivity index (χ0n) is 15.6. The number of hydrogen-bond acceptors (Lipinski definition) is 4. The molecule has 2 amide bonds. The highest BCUT2D eigenvalue weighted by Crippen LogP contribution is 2.36. The molecule has 0 bridgehead atoms. The Morgan fingerprint density at radius 2 is 2.14 bits per heavy atom. The molecule has 6 nitrogen and oxygen atoms in total. The van der Waals surface area contributed by atoms with Gasteiger partial charge < -0.3 is 14.4 Å². The smallest absolute Gasteiger partial charge is 0.265 e. The topological polar surface area (TPSA) is 59.1 Å². The predicted octanol–water partition coefficient (Wildman–Crippen LogP) is 3.55. The fourth-order valence-corrected chi connectivity index (χ4v) is 4.18. The van der Waals surface area contributed by atoms with E-state index in [4.69, 9.17) is 9.47 Å². The first-order chi connectivity index (χ1) is 13.6. The van der Waals surface area contributed by atoms with Crippen molar-refractivity contribution in [2.45, 2.75) is 18.9 Å². The Morgan fingerprint density at radius 3 is 2.96 bits per heavy atom. The largest absolute Gasteiger partial charge is 0.497 e. The first-order valence-corrected chi connectivity index (χ1v) is 10.0. The highest BCUT2D eigenvalue weighted by atomic mass is 79.9. The van der Waals surface area contributed by atoms with E-state index in [2.05, 4.69) is 15.9 Å². The van der Waals surface area contributed by atoms with Crippen molar-refractivity contribution in [3.05, 3.63) is 52.5 Å². The van der Waals surface area contributed by atoms with Crippen LogP contribution in [-0.2, 0) is 9.59 Å². The Hall–Kier alpha value is -2.54. The van der Waals surface area contributed by atoms with Crippen LogP contribution in [0.25, 0.3) is 0 Å². The predicted molar refractivity (Wildman–Crippen MR) is 109 cm³/mol. The number of amides is 2. The van der Waals surface area contributed by atoms with E-state index in [1.807, 2.05) is 41.3 Å². The van der Waals surface area contributed by atoms with Gasteiger partial charge in [0, 0.05) is 11.0 Å². The van der Waals surface area contributed by atoms with E-state index in [-0.39, 0.29) is 31.0 Å². The van der Waals surface area contributed by atoms with Gasteiger partial charge in [0.15, 0.2) is 6.61 Å². The summed E-state index contributed by atoms with van der Waals surface area (Å²) in [6, 6.07) is 13.3. The van der Waals surface area contributed by atoms with Gasteiger partial charge in [0.1, 0.15) is 18.0 Å². The van der Waals surface area contributed by atoms with Crippen LogP contribution in [0.4, 0.5) is 5.69 Å². The van der Waals surface area contributed by atoms with Crippen molar-refractivity contribution >= 4 is 33.4 Å². The molecule has 0 N–H and O–H groups in total. The Bertz CT molecular complexity index is 917. The molecule has 4 rings (SSSR count). The Morgan fingerprint density at radius 1 is 1.29 bits per heavy atom. The van der Waals surface area contributed by atoms with E-state index in [1.165, 1.54) is 4.90 Å². The number of carbonyl (C=O) groups excluding carboxylic acids is 2. The highest BCUT2D eigenvalue weighted by Gasteiger charge is 2.34. The van der Waals surface area contributed by atoms with Gasteiger partial charge in [-0.3, -0.25) is 14.5 Å². The maximum Gasteiger partial charge on any atom is 0.265 e. The summed E-state index contributed by atoms with van der Waals surface area (Å²) in [6.07, 6.45) is 1.84. The fraction of sp³-hybridized carbons (Fsp3) is 0.333. The van der Waals surface area contributed by atoms with Gasteiger partial charge in [-0.15, -0.1) is 0 Å². The normalized spacial score (nSPS) is 18.6. The number of carbonyl (C=O) groups is 2. The van der Waals surface area contributed by atoms with Crippen LogP contribution < -0.4 is 14.4 Å². The maximum atomic E-state index is 13.1. The molecule has 0 aromatic heterocycles. The first-order valence-electron chi connectivity index (χ1n) is 9.23. The molecule has 28 heavy (non-hydrogen) atoms. The Kier molecular flexibility index (Phi) is 5.26. The number of hydrogen-bond donors (Lipinski definition) is 0. The number of anilines is 1. The van der Waals surface area contributed by atoms with Crippen molar-refractivity contribution in [1.82, 2.24) is 4.90 Å². The molecular formula is C21H21BrN2O4. The highest BCUT2D eigenvalue weighted by molar-refractivity contribution is 9.10. The molecule has 2 heterocycles. The minimum Gasteiger partial charge on any atom is -0.497 e. The molecule has 1 saturated heterocycles. The van der Waals surface area contributed by atoms with Crippen LogP contribution in [0.1, 0.15) is 24.4 Å². The fourth-order valence-electron chi connectivity index (χ4n) is 3.84. The lowest BCUT2D eigenvalue weighted by atomic mass is 10.0. The summed E-state index contributed by atoms with van der Waals surface area (Å²) in [4.78, 5) is 28.9. The van der Waals surface area contributed by atoms with Crippen molar-refractivity contribution in [2.24, 2.45) is 0 Å². The van der Waals surface area contributed by atoms with Gasteiger partial charge >= 0.3 is 0 Å². The molecule has 2 aliphatic heterocycles. The molecule has 0 saturated carbocycles. The number of benzene rings is 2. The number of methoxy groups -OCH3 is 1. The second kappa shape index (κ2) is 7.83. The van der Waals surface area contributed by atoms with Crippen LogP contribution in [0.3, 0.4) is 0 Å². The zero-order valence-corrected chi connectivity index (χ0v) is 17.1. The molecule has 2 aromatic carbocycles. The van der Waals surface area contributed by atoms with E-state index >= 15 is 0 Å². The quantitative estimate of drug-likeness (QED) is 0.723. The monoisotopic (exact) mass is 444 g/mol. The molecule has 0 aliphatic carbocycles. The van der Waals surface area contributed by atoms with Crippen LogP contribution >= 0.6 is 15.9 Å². The average molecular weight is 445 g/mol. The van der Waals surface area contributed by atoms with Crippen LogP contribution in [-0.4, -0.2) is 43.5 Å². The van der Waals surface area contributed by atoms with Crippen molar-refractivity contribution in [3.63, 3.8) is 0 Å². The zero-order chi connectivity index (χ0) is 19.7. The summed E-state index contributed by atoms with van der Waals surface area (Å²) in [5, 5.41) is 0. The maximum absolute atomic E-state index is 13.1. The number of halogens is 1. The second-order valence-corrected chi connectivity index (χ2v) is 7.82. The Labute approximate surface area is 172 Å². The lowest BCUT2D eigenvalue weighted by molar-refractivity contribution is -0.132. The van der Waals surface area contributed by atoms with Crippen molar-refractivity contribution in [2.75, 3.05) is 31.7 Å². The van der Waals surface area contributed by atoms with Gasteiger partial charge in [-0.05, 0) is 48.7 Å². The molecular weight excluding hydrogens is 424 g/mol. The second-order valence-electron chi connectivity index (χ2n) is 6.90. The van der Waals surface area contributed by atoms with Crippen molar-refractivity contribution in [1.29, 1.82) is 0 Å². The summed E-state index contributed by atoms with van der Waals surface area (Å²) in [7, 11) is 1.64.